The quantitative estimate of drug-likeness (QED) is 0.781. The van der Waals surface area contributed by atoms with Crippen molar-refractivity contribution in [3.8, 4) is 0 Å². The van der Waals surface area contributed by atoms with Crippen molar-refractivity contribution in [3.05, 3.63) is 33.4 Å². The molecule has 1 atom stereocenters. The molecule has 0 radical (unpaired) electrons. The van der Waals surface area contributed by atoms with Crippen LogP contribution in [0.15, 0.2) is 28.5 Å². The number of urea groups is 1. The summed E-state index contributed by atoms with van der Waals surface area (Å²) in [7, 11) is -3.47. The Morgan fingerprint density at radius 1 is 1.33 bits per heavy atom. The summed E-state index contributed by atoms with van der Waals surface area (Å²) in [6.07, 6.45) is 0. The number of hydrogen-bond donors (Lipinski definition) is 2. The molecule has 2 N–H and O–H groups in total. The molecule has 0 spiro atoms. The number of thiophene rings is 1. The molecule has 0 saturated carbocycles. The maximum atomic E-state index is 13.1. The van der Waals surface area contributed by atoms with Gasteiger partial charge in [0.25, 0.3) is 0 Å². The van der Waals surface area contributed by atoms with Crippen molar-refractivity contribution in [1.29, 1.82) is 0 Å². The van der Waals surface area contributed by atoms with Crippen LogP contribution in [0.3, 0.4) is 0 Å². The molecule has 6 nitrogen and oxygen atoms in total. The van der Waals surface area contributed by atoms with E-state index in [2.05, 4.69) is 10.6 Å². The van der Waals surface area contributed by atoms with Crippen molar-refractivity contribution < 1.29 is 18.4 Å². The van der Waals surface area contributed by atoms with Gasteiger partial charge in [-0.15, -0.1) is 11.3 Å². The topological polar surface area (TPSA) is 76.7 Å². The first kappa shape index (κ1) is 16.2. The second kappa shape index (κ2) is 6.75. The van der Waals surface area contributed by atoms with Gasteiger partial charge in [0.05, 0.1) is 18.5 Å². The Morgan fingerprint density at radius 3 is 2.52 bits per heavy atom. The van der Waals surface area contributed by atoms with Crippen LogP contribution < -0.4 is 10.6 Å². The Hall–Kier alpha value is -1.14. The minimum absolute atomic E-state index is 0.263. The van der Waals surface area contributed by atoms with Crippen molar-refractivity contribution in [2.45, 2.75) is 26.8 Å². The molecule has 0 bridgehead atoms. The van der Waals surface area contributed by atoms with E-state index in [0.29, 0.717) is 11.0 Å². The normalized spacial score (nSPS) is 19.4. The van der Waals surface area contributed by atoms with Gasteiger partial charge in [-0.2, -0.15) is 0 Å². The molecule has 1 aliphatic heterocycles. The molecule has 2 heterocycles. The predicted octanol–water partition coefficient (Wildman–Crippen LogP) is 3.60. The lowest BCUT2D eigenvalue weighted by Crippen LogP contribution is -2.43. The summed E-state index contributed by atoms with van der Waals surface area (Å²) in [6, 6.07) is 2.95. The van der Waals surface area contributed by atoms with Crippen LogP contribution in [0.5, 0.6) is 0 Å². The zero-order valence-electron chi connectivity index (χ0n) is 12.2. The fourth-order valence-corrected chi connectivity index (χ4v) is 5.12. The lowest BCUT2D eigenvalue weighted by Gasteiger charge is -2.32. The number of nitrogens with one attached hydrogen (secondary N) is 2. The molecule has 0 aromatic carbocycles. The van der Waals surface area contributed by atoms with Gasteiger partial charge in [0.1, 0.15) is 6.04 Å². The van der Waals surface area contributed by atoms with Gasteiger partial charge in [0, 0.05) is 10.6 Å². The van der Waals surface area contributed by atoms with Gasteiger partial charge in [0.15, 0.2) is 0 Å². The zero-order chi connectivity index (χ0) is 15.5. The number of carbonyl (C=O) groups is 1. The summed E-state index contributed by atoms with van der Waals surface area (Å²) in [5, 5.41) is 7.81. The van der Waals surface area contributed by atoms with Crippen molar-refractivity contribution in [3.63, 3.8) is 0 Å². The van der Waals surface area contributed by atoms with Gasteiger partial charge in [-0.3, -0.25) is 4.57 Å². The maximum Gasteiger partial charge on any atom is 0.361 e. The molecule has 1 aliphatic rings. The van der Waals surface area contributed by atoms with Crippen LogP contribution in [0, 0.1) is 0 Å². The van der Waals surface area contributed by atoms with Crippen LogP contribution in [0.2, 0.25) is 0 Å². The Kier molecular flexibility index (Phi) is 5.22. The van der Waals surface area contributed by atoms with E-state index >= 15 is 0 Å². The molecule has 2 amide bonds. The molecular weight excluding hydrogens is 311 g/mol. The summed E-state index contributed by atoms with van der Waals surface area (Å²) in [4.78, 5) is 12.6. The molecule has 21 heavy (non-hydrogen) atoms. The Morgan fingerprint density at radius 2 is 2.00 bits per heavy atom. The lowest BCUT2D eigenvalue weighted by molar-refractivity contribution is 0.220. The molecular formula is C13H19N2O4PS. The standard InChI is InChI=1S/C13H19N2O4PS/c1-4-18-20(17,19-5-2)12-9(3)14-13(16)15-11(12)10-7-6-8-21-10/h6-8,11H,4-5H2,1-3H3,(H2,14,15,16). The predicted molar refractivity (Wildman–Crippen MR) is 82.3 cm³/mol. The lowest BCUT2D eigenvalue weighted by atomic mass is 10.2. The maximum absolute atomic E-state index is 13.1. The Labute approximate surface area is 128 Å². The third kappa shape index (κ3) is 3.37. The minimum atomic E-state index is -3.47. The van der Waals surface area contributed by atoms with E-state index in [1.54, 1.807) is 20.8 Å². The number of rotatable bonds is 6. The zero-order valence-corrected chi connectivity index (χ0v) is 13.9. The van der Waals surface area contributed by atoms with Gasteiger partial charge in [-0.25, -0.2) is 4.79 Å². The molecule has 0 aliphatic carbocycles. The van der Waals surface area contributed by atoms with E-state index in [1.807, 2.05) is 17.5 Å². The Balaban J connectivity index is 2.50. The van der Waals surface area contributed by atoms with Gasteiger partial charge < -0.3 is 19.7 Å². The highest BCUT2D eigenvalue weighted by atomic mass is 32.1. The van der Waals surface area contributed by atoms with Crippen LogP contribution in [0.4, 0.5) is 4.79 Å². The molecule has 8 heteroatoms. The number of carbonyl (C=O) groups excluding carboxylic acids is 1. The van der Waals surface area contributed by atoms with Crippen molar-refractivity contribution >= 4 is 25.0 Å². The van der Waals surface area contributed by atoms with Gasteiger partial charge in [0.2, 0.25) is 0 Å². The molecule has 0 saturated heterocycles. The first-order valence-electron chi connectivity index (χ1n) is 6.73. The van der Waals surface area contributed by atoms with Crippen molar-refractivity contribution in [2.75, 3.05) is 13.2 Å². The third-order valence-corrected chi connectivity index (χ3v) is 6.27. The Bertz CT molecular complexity index is 575. The van der Waals surface area contributed by atoms with E-state index in [0.717, 1.165) is 4.88 Å². The molecule has 1 aromatic rings. The summed E-state index contributed by atoms with van der Waals surface area (Å²) in [5.41, 5.74) is 0.516. The average Bonchev–Trinajstić information content (AvgIpc) is 2.91. The number of amides is 2. The van der Waals surface area contributed by atoms with Gasteiger partial charge in [-0.1, -0.05) is 6.07 Å². The van der Waals surface area contributed by atoms with E-state index in [1.165, 1.54) is 11.3 Å². The average molecular weight is 330 g/mol. The highest BCUT2D eigenvalue weighted by Crippen LogP contribution is 2.61. The minimum Gasteiger partial charge on any atom is -0.326 e. The molecule has 0 fully saturated rings. The van der Waals surface area contributed by atoms with Gasteiger partial charge >= 0.3 is 13.6 Å². The smallest absolute Gasteiger partial charge is 0.326 e. The van der Waals surface area contributed by atoms with E-state index < -0.39 is 13.6 Å². The largest absolute Gasteiger partial charge is 0.361 e. The van der Waals surface area contributed by atoms with Crippen molar-refractivity contribution in [1.82, 2.24) is 10.6 Å². The summed E-state index contributed by atoms with van der Waals surface area (Å²) in [6.45, 7) is 5.75. The SMILES string of the molecule is CCOP(=O)(OCC)C1=C(C)NC(=O)NC1c1cccs1. The monoisotopic (exact) mass is 330 g/mol. The van der Waals surface area contributed by atoms with Crippen molar-refractivity contribution in [2.24, 2.45) is 0 Å². The molecule has 2 rings (SSSR count). The summed E-state index contributed by atoms with van der Waals surface area (Å²) >= 11 is 1.48. The van der Waals surface area contributed by atoms with Crippen LogP contribution in [0.1, 0.15) is 31.7 Å². The summed E-state index contributed by atoms with van der Waals surface area (Å²) in [5.74, 6) is 0. The molecule has 1 unspecified atom stereocenters. The second-order valence-electron chi connectivity index (χ2n) is 4.39. The van der Waals surface area contributed by atoms with Gasteiger partial charge in [-0.05, 0) is 32.2 Å². The number of hydrogen-bond acceptors (Lipinski definition) is 5. The molecule has 1 aromatic heterocycles. The first-order valence-corrected chi connectivity index (χ1v) is 9.15. The van der Waals surface area contributed by atoms with Crippen LogP contribution in [-0.2, 0) is 13.6 Å². The van der Waals surface area contributed by atoms with E-state index in [4.69, 9.17) is 9.05 Å². The highest BCUT2D eigenvalue weighted by Gasteiger charge is 2.41. The van der Waals surface area contributed by atoms with Crippen LogP contribution >= 0.6 is 18.9 Å². The second-order valence-corrected chi connectivity index (χ2v) is 7.36. The van der Waals surface area contributed by atoms with Crippen LogP contribution in [0.25, 0.3) is 0 Å². The third-order valence-electron chi connectivity index (χ3n) is 2.95. The highest BCUT2D eigenvalue weighted by molar-refractivity contribution is 7.58. The fraction of sp³-hybridized carbons (Fsp3) is 0.462. The fourth-order valence-electron chi connectivity index (χ4n) is 2.23. The van der Waals surface area contributed by atoms with E-state index in [-0.39, 0.29) is 19.2 Å². The number of allylic oxidation sites excluding steroid dienone is 1. The van der Waals surface area contributed by atoms with E-state index in [9.17, 15) is 9.36 Å². The molecule has 116 valence electrons. The first-order chi connectivity index (χ1) is 10.0. The summed E-state index contributed by atoms with van der Waals surface area (Å²) < 4.78 is 24.0. The van der Waals surface area contributed by atoms with Crippen LogP contribution in [-0.4, -0.2) is 19.2 Å².